The molecule has 0 amide bonds. The Morgan fingerprint density at radius 3 is 2.62 bits per heavy atom. The molecule has 0 aliphatic heterocycles. The van der Waals surface area contributed by atoms with Crippen molar-refractivity contribution in [3.8, 4) is 16.9 Å². The smallest absolute Gasteiger partial charge is 0.126 e. The molecule has 1 aromatic heterocycles. The summed E-state index contributed by atoms with van der Waals surface area (Å²) in [4.78, 5) is 0. The Kier molecular flexibility index (Phi) is 2.56. The van der Waals surface area contributed by atoms with E-state index in [0.29, 0.717) is 11.7 Å². The van der Waals surface area contributed by atoms with Gasteiger partial charge < -0.3 is 10.8 Å². The van der Waals surface area contributed by atoms with Gasteiger partial charge in [0.05, 0.1) is 6.20 Å². The number of nitrogens with two attached hydrogens (primary N) is 1. The molecular formula is C12H15N3O. The Bertz CT molecular complexity index is 503. The summed E-state index contributed by atoms with van der Waals surface area (Å²) in [5.41, 5.74) is 8.53. The molecule has 0 aliphatic carbocycles. The number of aromatic hydroxyl groups is 1. The van der Waals surface area contributed by atoms with Gasteiger partial charge in [-0.3, -0.25) is 5.10 Å². The topological polar surface area (TPSA) is 74.9 Å². The van der Waals surface area contributed by atoms with Gasteiger partial charge in [-0.25, -0.2) is 0 Å². The van der Waals surface area contributed by atoms with Crippen molar-refractivity contribution in [1.29, 1.82) is 0 Å². The van der Waals surface area contributed by atoms with Gasteiger partial charge >= 0.3 is 0 Å². The number of rotatable bonds is 2. The van der Waals surface area contributed by atoms with Crippen molar-refractivity contribution in [3.63, 3.8) is 0 Å². The zero-order valence-corrected chi connectivity index (χ0v) is 9.36. The molecule has 0 radical (unpaired) electrons. The molecule has 0 unspecified atom stereocenters. The van der Waals surface area contributed by atoms with Crippen molar-refractivity contribution in [3.05, 3.63) is 30.0 Å². The molecule has 84 valence electrons. The lowest BCUT2D eigenvalue weighted by Gasteiger charge is -2.09. The molecule has 2 rings (SSSR count). The number of nitrogens with one attached hydrogen (secondary N) is 1. The van der Waals surface area contributed by atoms with Crippen LogP contribution in [0, 0.1) is 0 Å². The molecule has 4 nitrogen and oxygen atoms in total. The second-order valence-electron chi connectivity index (χ2n) is 4.17. The van der Waals surface area contributed by atoms with Gasteiger partial charge in [-0.1, -0.05) is 19.9 Å². The zero-order chi connectivity index (χ0) is 11.7. The summed E-state index contributed by atoms with van der Waals surface area (Å²) in [5, 5.41) is 16.2. The number of H-pyrrole nitrogens is 1. The summed E-state index contributed by atoms with van der Waals surface area (Å²) in [6, 6.07) is 5.48. The van der Waals surface area contributed by atoms with Crippen LogP contribution in [-0.2, 0) is 0 Å². The minimum absolute atomic E-state index is 0.252. The maximum absolute atomic E-state index is 9.66. The third-order valence-corrected chi connectivity index (χ3v) is 2.59. The Morgan fingerprint density at radius 1 is 1.31 bits per heavy atom. The number of phenols is 1. The van der Waals surface area contributed by atoms with Gasteiger partial charge in [0.1, 0.15) is 11.6 Å². The number of hydrogen-bond donors (Lipinski definition) is 3. The molecule has 0 fully saturated rings. The molecule has 4 heteroatoms. The van der Waals surface area contributed by atoms with Crippen LogP contribution in [0.1, 0.15) is 25.3 Å². The molecule has 0 spiro atoms. The summed E-state index contributed by atoms with van der Waals surface area (Å²) in [5.74, 6) is 1.13. The van der Waals surface area contributed by atoms with Crippen LogP contribution in [0.3, 0.4) is 0 Å². The molecule has 0 bridgehead atoms. The van der Waals surface area contributed by atoms with Crippen molar-refractivity contribution < 1.29 is 5.11 Å². The maximum atomic E-state index is 9.66. The number of nitrogens with zero attached hydrogens (tertiary/aromatic N) is 1. The zero-order valence-electron chi connectivity index (χ0n) is 9.36. The highest BCUT2D eigenvalue weighted by molar-refractivity contribution is 5.74. The molecule has 4 N–H and O–H groups in total. The fraction of sp³-hybridized carbons (Fsp3) is 0.250. The van der Waals surface area contributed by atoms with Gasteiger partial charge in [0.15, 0.2) is 0 Å². The van der Waals surface area contributed by atoms with Crippen LogP contribution < -0.4 is 5.73 Å². The SMILES string of the molecule is CC(C)c1cc(O)cc(-c2cn[nH]c2N)c1. The van der Waals surface area contributed by atoms with Crippen molar-refractivity contribution in [1.82, 2.24) is 10.2 Å². The van der Waals surface area contributed by atoms with Gasteiger partial charge in [0, 0.05) is 5.56 Å². The first-order valence-electron chi connectivity index (χ1n) is 5.21. The van der Waals surface area contributed by atoms with E-state index in [-0.39, 0.29) is 5.75 Å². The van der Waals surface area contributed by atoms with E-state index in [2.05, 4.69) is 24.0 Å². The summed E-state index contributed by atoms with van der Waals surface area (Å²) in [6.45, 7) is 4.16. The van der Waals surface area contributed by atoms with Gasteiger partial charge in [-0.2, -0.15) is 5.10 Å². The van der Waals surface area contributed by atoms with Crippen LogP contribution in [0.15, 0.2) is 24.4 Å². The van der Waals surface area contributed by atoms with Crippen LogP contribution in [0.25, 0.3) is 11.1 Å². The van der Waals surface area contributed by atoms with E-state index < -0.39 is 0 Å². The first-order chi connectivity index (χ1) is 7.58. The number of nitrogen functional groups attached to an aromatic ring is 1. The monoisotopic (exact) mass is 217 g/mol. The van der Waals surface area contributed by atoms with Crippen LogP contribution >= 0.6 is 0 Å². The second kappa shape index (κ2) is 3.89. The third-order valence-electron chi connectivity index (χ3n) is 2.59. The number of aromatic nitrogens is 2. The molecule has 1 heterocycles. The third kappa shape index (κ3) is 1.86. The maximum Gasteiger partial charge on any atom is 0.126 e. The Hall–Kier alpha value is -1.97. The van der Waals surface area contributed by atoms with Crippen molar-refractivity contribution in [2.24, 2.45) is 0 Å². The molecule has 0 saturated heterocycles. The fourth-order valence-corrected chi connectivity index (χ4v) is 1.65. The first-order valence-corrected chi connectivity index (χ1v) is 5.21. The van der Waals surface area contributed by atoms with E-state index in [0.717, 1.165) is 16.7 Å². The summed E-state index contributed by atoms with van der Waals surface area (Å²) >= 11 is 0. The van der Waals surface area contributed by atoms with Gasteiger partial charge in [-0.05, 0) is 29.2 Å². The quantitative estimate of drug-likeness (QED) is 0.723. The standard InChI is InChI=1S/C12H15N3O/c1-7(2)8-3-9(5-10(16)4-8)11-6-14-15-12(11)13/h3-7,16H,1-2H3,(H3,13,14,15). The predicted molar refractivity (Wildman–Crippen MR) is 64.2 cm³/mol. The van der Waals surface area contributed by atoms with Crippen molar-refractivity contribution >= 4 is 5.82 Å². The van der Waals surface area contributed by atoms with E-state index >= 15 is 0 Å². The first kappa shape index (κ1) is 10.5. The van der Waals surface area contributed by atoms with Crippen LogP contribution in [0.4, 0.5) is 5.82 Å². The molecule has 0 atom stereocenters. The Morgan fingerprint density at radius 2 is 2.06 bits per heavy atom. The number of aromatic amines is 1. The number of benzene rings is 1. The van der Waals surface area contributed by atoms with E-state index in [1.54, 1.807) is 18.3 Å². The highest BCUT2D eigenvalue weighted by atomic mass is 16.3. The fourth-order valence-electron chi connectivity index (χ4n) is 1.65. The minimum Gasteiger partial charge on any atom is -0.508 e. The molecule has 0 aliphatic rings. The highest BCUT2D eigenvalue weighted by Gasteiger charge is 2.09. The molecular weight excluding hydrogens is 202 g/mol. The largest absolute Gasteiger partial charge is 0.508 e. The summed E-state index contributed by atoms with van der Waals surface area (Å²) < 4.78 is 0. The Labute approximate surface area is 94.1 Å². The van der Waals surface area contributed by atoms with Crippen molar-refractivity contribution in [2.75, 3.05) is 5.73 Å². The van der Waals surface area contributed by atoms with Gasteiger partial charge in [-0.15, -0.1) is 0 Å². The van der Waals surface area contributed by atoms with Crippen LogP contribution in [0.5, 0.6) is 5.75 Å². The van der Waals surface area contributed by atoms with E-state index in [9.17, 15) is 5.11 Å². The lowest BCUT2D eigenvalue weighted by Crippen LogP contribution is -1.91. The number of phenolic OH excluding ortho intramolecular Hbond substituents is 1. The van der Waals surface area contributed by atoms with Crippen LogP contribution in [0.2, 0.25) is 0 Å². The summed E-state index contributed by atoms with van der Waals surface area (Å²) in [7, 11) is 0. The van der Waals surface area contributed by atoms with E-state index in [1.165, 1.54) is 0 Å². The van der Waals surface area contributed by atoms with Gasteiger partial charge in [0.2, 0.25) is 0 Å². The Balaban J connectivity index is 2.54. The predicted octanol–water partition coefficient (Wildman–Crippen LogP) is 2.49. The lowest BCUT2D eigenvalue weighted by atomic mass is 9.98. The lowest BCUT2D eigenvalue weighted by molar-refractivity contribution is 0.474. The molecule has 16 heavy (non-hydrogen) atoms. The highest BCUT2D eigenvalue weighted by Crippen LogP contribution is 2.30. The minimum atomic E-state index is 0.252. The second-order valence-corrected chi connectivity index (χ2v) is 4.17. The molecule has 0 saturated carbocycles. The van der Waals surface area contributed by atoms with Crippen molar-refractivity contribution in [2.45, 2.75) is 19.8 Å². The van der Waals surface area contributed by atoms with Crippen LogP contribution in [-0.4, -0.2) is 15.3 Å². The van der Waals surface area contributed by atoms with E-state index in [4.69, 9.17) is 5.73 Å². The number of hydrogen-bond acceptors (Lipinski definition) is 3. The van der Waals surface area contributed by atoms with E-state index in [1.807, 2.05) is 6.07 Å². The summed E-state index contributed by atoms with van der Waals surface area (Å²) in [6.07, 6.45) is 1.66. The normalized spacial score (nSPS) is 10.9. The average Bonchev–Trinajstić information content (AvgIpc) is 2.63. The molecule has 2 aromatic rings. The molecule has 1 aromatic carbocycles. The number of anilines is 1. The average molecular weight is 217 g/mol. The van der Waals surface area contributed by atoms with Gasteiger partial charge in [0.25, 0.3) is 0 Å².